The van der Waals surface area contributed by atoms with Gasteiger partial charge in [0.25, 0.3) is 0 Å². The lowest BCUT2D eigenvalue weighted by Crippen LogP contribution is -2.14. The Morgan fingerprint density at radius 1 is 0.696 bits per heavy atom. The van der Waals surface area contributed by atoms with E-state index in [4.69, 9.17) is 28.4 Å². The normalized spacial score (nSPS) is 10.7. The average molecular weight is 446 g/mol. The van der Waals surface area contributed by atoms with E-state index in [1.54, 1.807) is 0 Å². The molecule has 136 valence electrons. The van der Waals surface area contributed by atoms with Crippen LogP contribution in [0.15, 0.2) is 12.7 Å². The van der Waals surface area contributed by atoms with Crippen LogP contribution in [0.25, 0.3) is 0 Å². The second kappa shape index (κ2) is 19.8. The van der Waals surface area contributed by atoms with Gasteiger partial charge in [0, 0.05) is 10.5 Å². The van der Waals surface area contributed by atoms with Crippen molar-refractivity contribution in [2.75, 3.05) is 77.1 Å². The van der Waals surface area contributed by atoms with Gasteiger partial charge in [-0.25, -0.2) is 4.79 Å². The Morgan fingerprint density at radius 3 is 1.39 bits per heavy atom. The molecule has 0 saturated carbocycles. The van der Waals surface area contributed by atoms with Gasteiger partial charge >= 0.3 is 5.97 Å². The maximum Gasteiger partial charge on any atom is 0.330 e. The van der Waals surface area contributed by atoms with Crippen molar-refractivity contribution in [1.82, 2.24) is 0 Å². The molecule has 0 aromatic heterocycles. The minimum atomic E-state index is -0.445. The molecule has 8 heteroatoms. The van der Waals surface area contributed by atoms with Crippen LogP contribution in [0, 0.1) is 0 Å². The van der Waals surface area contributed by atoms with Gasteiger partial charge in [-0.3, -0.25) is 0 Å². The van der Waals surface area contributed by atoms with Gasteiger partial charge in [-0.15, -0.1) is 0 Å². The minimum absolute atomic E-state index is 0.219. The van der Waals surface area contributed by atoms with E-state index < -0.39 is 5.97 Å². The number of esters is 1. The summed E-state index contributed by atoms with van der Waals surface area (Å²) in [4.78, 5) is 10.7. The van der Waals surface area contributed by atoms with Crippen molar-refractivity contribution in [3.63, 3.8) is 0 Å². The maximum atomic E-state index is 10.7. The summed E-state index contributed by atoms with van der Waals surface area (Å²) < 4.78 is 32.2. The van der Waals surface area contributed by atoms with Crippen LogP contribution in [0.1, 0.15) is 0 Å². The zero-order valence-corrected chi connectivity index (χ0v) is 15.7. The van der Waals surface area contributed by atoms with E-state index in [0.29, 0.717) is 59.5 Å². The lowest BCUT2D eigenvalue weighted by atomic mass is 10.6. The number of halogens is 1. The SMILES string of the molecule is C=CC(=O)OCCOCCOCCOCCOCCOCCI. The fourth-order valence-corrected chi connectivity index (χ4v) is 1.61. The minimum Gasteiger partial charge on any atom is -0.460 e. The van der Waals surface area contributed by atoms with Crippen molar-refractivity contribution in [2.45, 2.75) is 0 Å². The molecule has 0 rings (SSSR count). The number of carbonyl (C=O) groups is 1. The van der Waals surface area contributed by atoms with Crippen molar-refractivity contribution in [3.05, 3.63) is 12.7 Å². The molecule has 7 nitrogen and oxygen atoms in total. The summed E-state index contributed by atoms with van der Waals surface area (Å²) in [5, 5.41) is 0. The third-order valence-corrected chi connectivity index (χ3v) is 2.79. The summed E-state index contributed by atoms with van der Waals surface area (Å²) in [5.74, 6) is -0.445. The fourth-order valence-electron chi connectivity index (χ4n) is 1.30. The van der Waals surface area contributed by atoms with E-state index in [0.717, 1.165) is 17.1 Å². The molecule has 0 aliphatic rings. The van der Waals surface area contributed by atoms with Gasteiger partial charge in [0.15, 0.2) is 0 Å². The maximum absolute atomic E-state index is 10.7. The topological polar surface area (TPSA) is 72.5 Å². The van der Waals surface area contributed by atoms with Gasteiger partial charge < -0.3 is 28.4 Å². The Hall–Kier alpha value is -0.260. The summed E-state index contributed by atoms with van der Waals surface area (Å²) in [5.41, 5.74) is 0. The molecule has 0 aromatic rings. The number of carbonyl (C=O) groups excluding carboxylic acids is 1. The zero-order chi connectivity index (χ0) is 17.0. The Balaban J connectivity index is 3.00. The largest absolute Gasteiger partial charge is 0.460 e. The van der Waals surface area contributed by atoms with Crippen LogP contribution in [0.4, 0.5) is 0 Å². The molecule has 0 aliphatic heterocycles. The number of rotatable bonds is 18. The molecule has 0 N–H and O–H groups in total. The number of alkyl halides is 1. The summed E-state index contributed by atoms with van der Waals surface area (Å²) in [6, 6.07) is 0. The van der Waals surface area contributed by atoms with Crippen molar-refractivity contribution in [3.8, 4) is 0 Å². The lowest BCUT2D eigenvalue weighted by molar-refractivity contribution is -0.139. The smallest absolute Gasteiger partial charge is 0.330 e. The third kappa shape index (κ3) is 19.7. The molecule has 0 aromatic carbocycles. The summed E-state index contributed by atoms with van der Waals surface area (Å²) in [6.07, 6.45) is 1.12. The molecule has 0 aliphatic carbocycles. The van der Waals surface area contributed by atoms with E-state index in [2.05, 4.69) is 29.2 Å². The molecule has 0 radical (unpaired) electrons. The lowest BCUT2D eigenvalue weighted by Gasteiger charge is -2.07. The Bertz CT molecular complexity index is 277. The van der Waals surface area contributed by atoms with Gasteiger partial charge in [-0.1, -0.05) is 29.2 Å². The highest BCUT2D eigenvalue weighted by Gasteiger charge is 1.95. The number of hydrogen-bond acceptors (Lipinski definition) is 7. The Kier molecular flexibility index (Phi) is 19.6. The molecular formula is C15H27IO7. The van der Waals surface area contributed by atoms with Crippen LogP contribution < -0.4 is 0 Å². The van der Waals surface area contributed by atoms with Crippen LogP contribution in [0.3, 0.4) is 0 Å². The first kappa shape index (κ1) is 22.7. The van der Waals surface area contributed by atoms with Crippen LogP contribution in [-0.4, -0.2) is 83.1 Å². The molecule has 0 amide bonds. The first-order chi connectivity index (χ1) is 11.3. The highest BCUT2D eigenvalue weighted by Crippen LogP contribution is 1.86. The quantitative estimate of drug-likeness (QED) is 0.103. The molecule has 0 unspecified atom stereocenters. The average Bonchev–Trinajstić information content (AvgIpc) is 2.57. The number of ether oxygens (including phenoxy) is 6. The third-order valence-electron chi connectivity index (χ3n) is 2.35. The molecule has 0 fully saturated rings. The summed E-state index contributed by atoms with van der Waals surface area (Å²) >= 11 is 2.27. The van der Waals surface area contributed by atoms with Crippen molar-refractivity contribution in [1.29, 1.82) is 0 Å². The predicted molar refractivity (Wildman–Crippen MR) is 94.1 cm³/mol. The molecule has 0 saturated heterocycles. The van der Waals surface area contributed by atoms with Crippen molar-refractivity contribution < 1.29 is 33.2 Å². The van der Waals surface area contributed by atoms with Crippen molar-refractivity contribution in [2.24, 2.45) is 0 Å². The summed E-state index contributed by atoms with van der Waals surface area (Å²) in [6.45, 7) is 8.89. The van der Waals surface area contributed by atoms with Gasteiger partial charge in [-0.05, 0) is 0 Å². The van der Waals surface area contributed by atoms with E-state index in [9.17, 15) is 4.79 Å². The van der Waals surface area contributed by atoms with Gasteiger partial charge in [0.1, 0.15) is 6.61 Å². The van der Waals surface area contributed by atoms with E-state index in [-0.39, 0.29) is 6.61 Å². The molecule has 23 heavy (non-hydrogen) atoms. The number of hydrogen-bond donors (Lipinski definition) is 0. The predicted octanol–water partition coefficient (Wildman–Crippen LogP) is 1.23. The van der Waals surface area contributed by atoms with Gasteiger partial charge in [0.05, 0.1) is 66.1 Å². The first-order valence-corrected chi connectivity index (χ1v) is 9.07. The van der Waals surface area contributed by atoms with Crippen LogP contribution in [-0.2, 0) is 33.2 Å². The molecular weight excluding hydrogens is 419 g/mol. The first-order valence-electron chi connectivity index (χ1n) is 7.55. The molecule has 0 atom stereocenters. The highest BCUT2D eigenvalue weighted by molar-refractivity contribution is 14.1. The van der Waals surface area contributed by atoms with Gasteiger partial charge in [-0.2, -0.15) is 0 Å². The fraction of sp³-hybridized carbons (Fsp3) is 0.800. The summed E-state index contributed by atoms with van der Waals surface area (Å²) in [7, 11) is 0. The zero-order valence-electron chi connectivity index (χ0n) is 13.5. The van der Waals surface area contributed by atoms with Crippen molar-refractivity contribution >= 4 is 28.6 Å². The Labute approximate surface area is 151 Å². The second-order valence-corrected chi connectivity index (χ2v) is 5.20. The molecule has 0 heterocycles. The molecule has 0 bridgehead atoms. The monoisotopic (exact) mass is 446 g/mol. The van der Waals surface area contributed by atoms with Gasteiger partial charge in [0.2, 0.25) is 0 Å². The van der Waals surface area contributed by atoms with Crippen LogP contribution in [0.5, 0.6) is 0 Å². The van der Waals surface area contributed by atoms with Crippen LogP contribution >= 0.6 is 22.6 Å². The second-order valence-electron chi connectivity index (χ2n) is 4.12. The van der Waals surface area contributed by atoms with E-state index in [1.165, 1.54) is 0 Å². The molecule has 0 spiro atoms. The van der Waals surface area contributed by atoms with E-state index in [1.807, 2.05) is 0 Å². The standard InChI is InChI=1S/C15H27IO7/c1-2-15(17)23-14-13-22-12-11-21-10-9-20-8-7-19-6-5-18-4-3-16/h2H,1,3-14H2. The Morgan fingerprint density at radius 2 is 1.04 bits per heavy atom. The highest BCUT2D eigenvalue weighted by atomic mass is 127. The van der Waals surface area contributed by atoms with Crippen LogP contribution in [0.2, 0.25) is 0 Å². The van der Waals surface area contributed by atoms with E-state index >= 15 is 0 Å².